The first-order valence-electron chi connectivity index (χ1n) is 9.68. The van der Waals surface area contributed by atoms with Gasteiger partial charge in [-0.2, -0.15) is 0 Å². The Morgan fingerprint density at radius 3 is 2.62 bits per heavy atom. The molecule has 0 bridgehead atoms. The minimum absolute atomic E-state index is 0.00213. The van der Waals surface area contributed by atoms with Crippen LogP contribution in [0.3, 0.4) is 0 Å². The normalized spacial score (nSPS) is 26.7. The number of likely N-dealkylation sites (tertiary alicyclic amines) is 1. The molecular weight excluding hydrogens is 348 g/mol. The average molecular weight is 379 g/mol. The van der Waals surface area contributed by atoms with Crippen molar-refractivity contribution < 1.29 is 13.2 Å². The summed E-state index contributed by atoms with van der Waals surface area (Å²) < 4.78 is 23.3. The summed E-state index contributed by atoms with van der Waals surface area (Å²) in [6.07, 6.45) is 1.99. The van der Waals surface area contributed by atoms with E-state index < -0.39 is 9.84 Å². The minimum atomic E-state index is -2.92. The molecule has 2 saturated heterocycles. The molecule has 1 aromatic rings. The van der Waals surface area contributed by atoms with Crippen LogP contribution in [0, 0.1) is 5.92 Å². The highest BCUT2D eigenvalue weighted by Crippen LogP contribution is 2.28. The van der Waals surface area contributed by atoms with E-state index in [1.54, 1.807) is 0 Å². The molecule has 3 rings (SSSR count). The van der Waals surface area contributed by atoms with Gasteiger partial charge in [0.2, 0.25) is 5.91 Å². The van der Waals surface area contributed by atoms with Crippen LogP contribution in [-0.2, 0) is 14.6 Å². The third-order valence-electron chi connectivity index (χ3n) is 5.92. The van der Waals surface area contributed by atoms with Crippen molar-refractivity contribution in [2.24, 2.45) is 5.92 Å². The highest BCUT2D eigenvalue weighted by Gasteiger charge is 2.35. The lowest BCUT2D eigenvalue weighted by molar-refractivity contribution is -0.134. The van der Waals surface area contributed by atoms with E-state index >= 15 is 0 Å². The number of hydrogen-bond acceptors (Lipinski definition) is 4. The zero-order valence-corrected chi connectivity index (χ0v) is 16.6. The molecule has 1 amide bonds. The molecule has 0 aliphatic carbocycles. The van der Waals surface area contributed by atoms with Crippen molar-refractivity contribution in [2.75, 3.05) is 31.1 Å². The maximum Gasteiger partial charge on any atom is 0.223 e. The molecule has 3 atom stereocenters. The van der Waals surface area contributed by atoms with Crippen LogP contribution in [0.5, 0.6) is 0 Å². The Balaban J connectivity index is 1.58. The fraction of sp³-hybridized carbons (Fsp3) is 0.650. The molecule has 0 N–H and O–H groups in total. The van der Waals surface area contributed by atoms with Crippen LogP contribution in [0.4, 0.5) is 0 Å². The quantitative estimate of drug-likeness (QED) is 0.763. The van der Waals surface area contributed by atoms with Gasteiger partial charge >= 0.3 is 0 Å². The van der Waals surface area contributed by atoms with Gasteiger partial charge in [0.25, 0.3) is 0 Å². The molecule has 5 nitrogen and oxygen atoms in total. The number of carbonyl (C=O) groups excluding carboxylic acids is 1. The van der Waals surface area contributed by atoms with Gasteiger partial charge in [-0.25, -0.2) is 8.42 Å². The summed E-state index contributed by atoms with van der Waals surface area (Å²) in [4.78, 5) is 17.2. The number of carbonyl (C=O) groups is 1. The van der Waals surface area contributed by atoms with Crippen LogP contribution in [0.15, 0.2) is 30.3 Å². The molecule has 0 spiro atoms. The second-order valence-corrected chi connectivity index (χ2v) is 9.91. The second kappa shape index (κ2) is 8.09. The first-order chi connectivity index (χ1) is 12.4. The topological polar surface area (TPSA) is 57.7 Å². The summed E-state index contributed by atoms with van der Waals surface area (Å²) in [7, 11) is -2.92. The second-order valence-electron chi connectivity index (χ2n) is 7.68. The van der Waals surface area contributed by atoms with Crippen molar-refractivity contribution in [1.82, 2.24) is 9.80 Å². The summed E-state index contributed by atoms with van der Waals surface area (Å²) >= 11 is 0. The fourth-order valence-electron chi connectivity index (χ4n) is 4.35. The van der Waals surface area contributed by atoms with Crippen molar-refractivity contribution in [2.45, 2.75) is 45.2 Å². The van der Waals surface area contributed by atoms with Crippen LogP contribution < -0.4 is 0 Å². The van der Waals surface area contributed by atoms with Crippen LogP contribution >= 0.6 is 0 Å². The highest BCUT2D eigenvalue weighted by atomic mass is 32.2. The Labute approximate surface area is 157 Å². The van der Waals surface area contributed by atoms with E-state index in [0.29, 0.717) is 25.4 Å². The van der Waals surface area contributed by atoms with Gasteiger partial charge in [0.1, 0.15) is 0 Å². The molecule has 144 valence electrons. The molecule has 6 heteroatoms. The maximum absolute atomic E-state index is 12.8. The average Bonchev–Trinajstić information content (AvgIpc) is 3.22. The van der Waals surface area contributed by atoms with Crippen molar-refractivity contribution in [1.29, 1.82) is 0 Å². The van der Waals surface area contributed by atoms with E-state index in [-0.39, 0.29) is 29.4 Å². The third kappa shape index (κ3) is 4.46. The van der Waals surface area contributed by atoms with Crippen LogP contribution in [0.25, 0.3) is 0 Å². The van der Waals surface area contributed by atoms with Crippen molar-refractivity contribution >= 4 is 15.7 Å². The first-order valence-corrected chi connectivity index (χ1v) is 11.5. The minimum Gasteiger partial charge on any atom is -0.339 e. The zero-order valence-electron chi connectivity index (χ0n) is 15.8. The lowest BCUT2D eigenvalue weighted by Gasteiger charge is -2.30. The number of rotatable bonds is 6. The molecule has 3 unspecified atom stereocenters. The van der Waals surface area contributed by atoms with Crippen LogP contribution in [0.1, 0.15) is 44.7 Å². The van der Waals surface area contributed by atoms with Gasteiger partial charge in [-0.05, 0) is 38.2 Å². The fourth-order valence-corrected chi connectivity index (χ4v) is 6.21. The predicted molar refractivity (Wildman–Crippen MR) is 104 cm³/mol. The molecule has 2 aliphatic heterocycles. The lowest BCUT2D eigenvalue weighted by Crippen LogP contribution is -2.42. The van der Waals surface area contributed by atoms with Crippen molar-refractivity contribution in [3.63, 3.8) is 0 Å². The third-order valence-corrected chi connectivity index (χ3v) is 7.75. The summed E-state index contributed by atoms with van der Waals surface area (Å²) in [6, 6.07) is 11.0. The van der Waals surface area contributed by atoms with E-state index in [2.05, 4.69) is 36.1 Å². The van der Waals surface area contributed by atoms with E-state index in [4.69, 9.17) is 0 Å². The van der Waals surface area contributed by atoms with Crippen LogP contribution in [-0.4, -0.2) is 61.3 Å². The molecule has 2 aliphatic rings. The van der Waals surface area contributed by atoms with Gasteiger partial charge < -0.3 is 4.90 Å². The summed E-state index contributed by atoms with van der Waals surface area (Å²) in [5, 5.41) is 0. The lowest BCUT2D eigenvalue weighted by atomic mass is 10.0. The molecule has 0 radical (unpaired) electrons. The number of benzene rings is 1. The Morgan fingerprint density at radius 2 is 2.00 bits per heavy atom. The molecule has 0 saturated carbocycles. The molecule has 0 aromatic heterocycles. The van der Waals surface area contributed by atoms with Gasteiger partial charge in [0, 0.05) is 38.1 Å². The Hall–Kier alpha value is -1.40. The molecular formula is C20H30N2O3S. The summed E-state index contributed by atoms with van der Waals surface area (Å²) in [5.74, 6) is 0.539. The first kappa shape index (κ1) is 19.4. The number of amides is 1. The van der Waals surface area contributed by atoms with Gasteiger partial charge in [0.05, 0.1) is 11.5 Å². The predicted octanol–water partition coefficient (Wildman–Crippen LogP) is 2.50. The largest absolute Gasteiger partial charge is 0.339 e. The number of sulfone groups is 1. The van der Waals surface area contributed by atoms with Crippen LogP contribution in [0.2, 0.25) is 0 Å². The Morgan fingerprint density at radius 1 is 1.27 bits per heavy atom. The van der Waals surface area contributed by atoms with Gasteiger partial charge in [0.15, 0.2) is 9.84 Å². The monoisotopic (exact) mass is 378 g/mol. The molecule has 2 heterocycles. The van der Waals surface area contributed by atoms with E-state index in [9.17, 15) is 13.2 Å². The van der Waals surface area contributed by atoms with E-state index in [0.717, 1.165) is 19.5 Å². The smallest absolute Gasteiger partial charge is 0.223 e. The number of likely N-dealkylation sites (N-methyl/N-ethyl adjacent to an activating group) is 1. The number of nitrogens with zero attached hydrogens (tertiary/aromatic N) is 2. The summed E-state index contributed by atoms with van der Waals surface area (Å²) in [5.41, 5.74) is 1.30. The Bertz CT molecular complexity index is 720. The summed E-state index contributed by atoms with van der Waals surface area (Å²) in [6.45, 7) is 6.81. The highest BCUT2D eigenvalue weighted by molar-refractivity contribution is 7.91. The molecule has 2 fully saturated rings. The number of hydrogen-bond donors (Lipinski definition) is 0. The molecule has 26 heavy (non-hydrogen) atoms. The van der Waals surface area contributed by atoms with E-state index in [1.165, 1.54) is 5.56 Å². The zero-order chi connectivity index (χ0) is 18.7. The molecule has 1 aromatic carbocycles. The van der Waals surface area contributed by atoms with Crippen molar-refractivity contribution in [3.05, 3.63) is 35.9 Å². The standard InChI is InChI=1S/C20H30N2O3S/c1-3-22(20(23)13-17-10-12-26(24,25)15-17)19-9-11-21(14-19)16(2)18-7-5-4-6-8-18/h4-8,16-17,19H,3,9-15H2,1-2H3. The van der Waals surface area contributed by atoms with E-state index in [1.807, 2.05) is 17.9 Å². The van der Waals surface area contributed by atoms with Gasteiger partial charge in [-0.15, -0.1) is 0 Å². The van der Waals surface area contributed by atoms with Gasteiger partial charge in [-0.1, -0.05) is 30.3 Å². The SMILES string of the molecule is CCN(C(=O)CC1CCS(=O)(=O)C1)C1CCN(C(C)c2ccccc2)C1. The van der Waals surface area contributed by atoms with Gasteiger partial charge in [-0.3, -0.25) is 9.69 Å². The Kier molecular flexibility index (Phi) is 6.03. The van der Waals surface area contributed by atoms with Crippen molar-refractivity contribution in [3.8, 4) is 0 Å². The maximum atomic E-state index is 12.8.